The van der Waals surface area contributed by atoms with E-state index in [1.54, 1.807) is 17.0 Å². The molecule has 0 radical (unpaired) electrons. The summed E-state index contributed by atoms with van der Waals surface area (Å²) in [4.78, 5) is 17.0. The van der Waals surface area contributed by atoms with Gasteiger partial charge in [0.15, 0.2) is 17.2 Å². The summed E-state index contributed by atoms with van der Waals surface area (Å²) in [6.07, 6.45) is 1.51. The van der Waals surface area contributed by atoms with Crippen LogP contribution in [-0.2, 0) is 11.4 Å². The Kier molecular flexibility index (Phi) is 7.40. The lowest BCUT2D eigenvalue weighted by Gasteiger charge is -2.36. The van der Waals surface area contributed by atoms with Crippen LogP contribution in [0.25, 0.3) is 6.08 Å². The standard InChI is InChI=1S/C28H23Cl2N3O4/c29-23-13-20(14-24(30)27(23)35-17-19-6-7-25-26(15-19)37-18-36-25)12-21(16-31)28(34)33-10-8-32(9-11-33)22-4-2-1-3-5-22/h1-7,12-15H,8-11,17-18H2/b21-12-. The van der Waals surface area contributed by atoms with Gasteiger partial charge in [-0.15, -0.1) is 0 Å². The van der Waals surface area contributed by atoms with Gasteiger partial charge in [0.05, 0.1) is 10.0 Å². The summed E-state index contributed by atoms with van der Waals surface area (Å²) in [5.74, 6) is 1.36. The van der Waals surface area contributed by atoms with Crippen molar-refractivity contribution in [1.82, 2.24) is 4.90 Å². The second kappa shape index (κ2) is 11.0. The zero-order valence-corrected chi connectivity index (χ0v) is 21.3. The first-order valence-electron chi connectivity index (χ1n) is 11.7. The minimum absolute atomic E-state index is 0.0225. The number of fused-ring (bicyclic) bond motifs is 1. The summed E-state index contributed by atoms with van der Waals surface area (Å²) in [5, 5.41) is 10.3. The molecule has 2 aliphatic heterocycles. The minimum Gasteiger partial charge on any atom is -0.486 e. The first kappa shape index (κ1) is 24.8. The van der Waals surface area contributed by atoms with E-state index in [-0.39, 0.29) is 34.9 Å². The van der Waals surface area contributed by atoms with E-state index in [1.165, 1.54) is 6.08 Å². The first-order valence-corrected chi connectivity index (χ1v) is 12.5. The molecule has 3 aromatic carbocycles. The monoisotopic (exact) mass is 535 g/mol. The number of para-hydroxylation sites is 1. The molecule has 7 nitrogen and oxygen atoms in total. The fourth-order valence-electron chi connectivity index (χ4n) is 4.27. The molecule has 9 heteroatoms. The molecular weight excluding hydrogens is 513 g/mol. The number of nitriles is 1. The Balaban J connectivity index is 1.24. The van der Waals surface area contributed by atoms with Crippen LogP contribution in [0.2, 0.25) is 10.0 Å². The van der Waals surface area contributed by atoms with Crippen molar-refractivity contribution < 1.29 is 19.0 Å². The van der Waals surface area contributed by atoms with E-state index in [0.29, 0.717) is 49.0 Å². The fraction of sp³-hybridized carbons (Fsp3) is 0.214. The SMILES string of the molecule is N#C/C(=C/c1cc(Cl)c(OCc2ccc3c(c2)OCO3)c(Cl)c1)C(=O)N1CCN(c2ccccc2)CC1. The van der Waals surface area contributed by atoms with Gasteiger partial charge in [0, 0.05) is 31.9 Å². The lowest BCUT2D eigenvalue weighted by molar-refractivity contribution is -0.126. The van der Waals surface area contributed by atoms with Gasteiger partial charge in [-0.05, 0) is 53.6 Å². The van der Waals surface area contributed by atoms with Crippen LogP contribution in [0.15, 0.2) is 66.2 Å². The van der Waals surface area contributed by atoms with Crippen LogP contribution >= 0.6 is 23.2 Å². The smallest absolute Gasteiger partial charge is 0.264 e. The molecule has 188 valence electrons. The third-order valence-corrected chi connectivity index (χ3v) is 6.75. The molecule has 1 fully saturated rings. The highest BCUT2D eigenvalue weighted by molar-refractivity contribution is 6.37. The van der Waals surface area contributed by atoms with Gasteiger partial charge >= 0.3 is 0 Å². The van der Waals surface area contributed by atoms with Crippen LogP contribution in [-0.4, -0.2) is 43.8 Å². The van der Waals surface area contributed by atoms with E-state index < -0.39 is 0 Å². The highest BCUT2D eigenvalue weighted by atomic mass is 35.5. The summed E-state index contributed by atoms with van der Waals surface area (Å²) >= 11 is 12.9. The predicted molar refractivity (Wildman–Crippen MR) is 142 cm³/mol. The number of benzene rings is 3. The molecule has 0 N–H and O–H groups in total. The van der Waals surface area contributed by atoms with E-state index in [1.807, 2.05) is 54.6 Å². The number of carbonyl (C=O) groups excluding carboxylic acids is 1. The Bertz CT molecular complexity index is 1360. The maximum atomic E-state index is 13.1. The Labute approximate surface area is 225 Å². The van der Waals surface area contributed by atoms with Gasteiger partial charge in [-0.25, -0.2) is 0 Å². The van der Waals surface area contributed by atoms with E-state index in [4.69, 9.17) is 37.4 Å². The topological polar surface area (TPSA) is 75.0 Å². The zero-order chi connectivity index (χ0) is 25.8. The van der Waals surface area contributed by atoms with Crippen molar-refractivity contribution in [1.29, 1.82) is 5.26 Å². The second-order valence-corrected chi connectivity index (χ2v) is 9.39. The minimum atomic E-state index is -0.314. The van der Waals surface area contributed by atoms with Crippen molar-refractivity contribution in [2.45, 2.75) is 6.61 Å². The summed E-state index contributed by atoms with van der Waals surface area (Å²) < 4.78 is 16.6. The molecule has 0 atom stereocenters. The Hall–Kier alpha value is -3.86. The van der Waals surface area contributed by atoms with Crippen molar-refractivity contribution in [2.24, 2.45) is 0 Å². The number of amides is 1. The first-order chi connectivity index (χ1) is 18.0. The summed E-state index contributed by atoms with van der Waals surface area (Å²) in [7, 11) is 0. The number of hydrogen-bond acceptors (Lipinski definition) is 6. The zero-order valence-electron chi connectivity index (χ0n) is 19.8. The van der Waals surface area contributed by atoms with Gasteiger partial charge in [0.1, 0.15) is 18.2 Å². The number of carbonyl (C=O) groups is 1. The van der Waals surface area contributed by atoms with Gasteiger partial charge < -0.3 is 24.0 Å². The van der Waals surface area contributed by atoms with Crippen LogP contribution in [0.1, 0.15) is 11.1 Å². The van der Waals surface area contributed by atoms with E-state index in [0.717, 1.165) is 11.3 Å². The van der Waals surface area contributed by atoms with Crippen LogP contribution < -0.4 is 19.1 Å². The van der Waals surface area contributed by atoms with Crippen LogP contribution in [0.3, 0.4) is 0 Å². The molecule has 2 aliphatic rings. The van der Waals surface area contributed by atoms with Crippen molar-refractivity contribution in [3.05, 3.63) is 87.4 Å². The van der Waals surface area contributed by atoms with E-state index in [9.17, 15) is 10.1 Å². The molecule has 3 aromatic rings. The average molecular weight is 536 g/mol. The normalized spacial score (nSPS) is 14.9. The fourth-order valence-corrected chi connectivity index (χ4v) is 4.89. The summed E-state index contributed by atoms with van der Waals surface area (Å²) in [6, 6.07) is 20.9. The molecule has 1 amide bonds. The van der Waals surface area contributed by atoms with Crippen LogP contribution in [0.5, 0.6) is 17.2 Å². The van der Waals surface area contributed by atoms with Gasteiger partial charge in [-0.3, -0.25) is 4.79 Å². The van der Waals surface area contributed by atoms with Crippen molar-refractivity contribution in [3.8, 4) is 23.3 Å². The molecule has 2 heterocycles. The molecule has 0 bridgehead atoms. The Morgan fingerprint density at radius 2 is 1.68 bits per heavy atom. The summed E-state index contributed by atoms with van der Waals surface area (Å²) in [6.45, 7) is 2.87. The number of piperazine rings is 1. The number of nitrogens with zero attached hydrogens (tertiary/aromatic N) is 3. The highest BCUT2D eigenvalue weighted by Crippen LogP contribution is 2.37. The van der Waals surface area contributed by atoms with Gasteiger partial charge in [0.2, 0.25) is 6.79 Å². The lowest BCUT2D eigenvalue weighted by Crippen LogP contribution is -2.49. The number of hydrogen-bond donors (Lipinski definition) is 0. The lowest BCUT2D eigenvalue weighted by atomic mass is 10.1. The van der Waals surface area contributed by atoms with Crippen LogP contribution in [0.4, 0.5) is 5.69 Å². The quantitative estimate of drug-likeness (QED) is 0.304. The molecule has 1 saturated heterocycles. The molecule has 0 unspecified atom stereocenters. The molecule has 37 heavy (non-hydrogen) atoms. The highest BCUT2D eigenvalue weighted by Gasteiger charge is 2.24. The molecule has 0 spiro atoms. The van der Waals surface area contributed by atoms with Crippen LogP contribution in [0, 0.1) is 11.3 Å². The largest absolute Gasteiger partial charge is 0.486 e. The molecule has 0 aromatic heterocycles. The molecule has 0 saturated carbocycles. The Morgan fingerprint density at radius 1 is 0.973 bits per heavy atom. The number of ether oxygens (including phenoxy) is 3. The van der Waals surface area contributed by atoms with Gasteiger partial charge in [-0.2, -0.15) is 5.26 Å². The van der Waals surface area contributed by atoms with Crippen molar-refractivity contribution in [2.75, 3.05) is 37.9 Å². The Morgan fingerprint density at radius 3 is 2.38 bits per heavy atom. The van der Waals surface area contributed by atoms with Crippen molar-refractivity contribution in [3.63, 3.8) is 0 Å². The van der Waals surface area contributed by atoms with E-state index in [2.05, 4.69) is 4.90 Å². The van der Waals surface area contributed by atoms with Gasteiger partial charge in [-0.1, -0.05) is 47.5 Å². The maximum absolute atomic E-state index is 13.1. The number of anilines is 1. The molecule has 0 aliphatic carbocycles. The number of rotatable bonds is 6. The maximum Gasteiger partial charge on any atom is 0.264 e. The second-order valence-electron chi connectivity index (χ2n) is 8.57. The third kappa shape index (κ3) is 5.61. The summed E-state index contributed by atoms with van der Waals surface area (Å²) in [5.41, 5.74) is 2.55. The van der Waals surface area contributed by atoms with Gasteiger partial charge in [0.25, 0.3) is 5.91 Å². The van der Waals surface area contributed by atoms with E-state index >= 15 is 0 Å². The predicted octanol–water partition coefficient (Wildman–Crippen LogP) is 5.56. The molecule has 5 rings (SSSR count). The third-order valence-electron chi connectivity index (χ3n) is 6.19. The average Bonchev–Trinajstić information content (AvgIpc) is 3.39. The van der Waals surface area contributed by atoms with Crippen molar-refractivity contribution >= 4 is 40.9 Å². The number of halogens is 2. The molecular formula is C28H23Cl2N3O4.